The van der Waals surface area contributed by atoms with E-state index >= 15 is 0 Å². The van der Waals surface area contributed by atoms with Crippen LogP contribution in [-0.4, -0.2) is 15.3 Å². The molecular formula is C9H13NO3. The van der Waals surface area contributed by atoms with E-state index in [0.29, 0.717) is 22.4 Å². The van der Waals surface area contributed by atoms with Crippen LogP contribution in [-0.2, 0) is 19.8 Å². The summed E-state index contributed by atoms with van der Waals surface area (Å²) in [4.78, 5) is 0. The fourth-order valence-electron chi connectivity index (χ4n) is 1.29. The molecule has 4 heteroatoms. The Morgan fingerprint density at radius 3 is 2.00 bits per heavy atom. The van der Waals surface area contributed by atoms with E-state index in [1.54, 1.807) is 12.1 Å². The Morgan fingerprint density at radius 2 is 1.54 bits per heavy atom. The van der Waals surface area contributed by atoms with Gasteiger partial charge in [-0.3, -0.25) is 0 Å². The van der Waals surface area contributed by atoms with Crippen LogP contribution in [0.15, 0.2) is 12.1 Å². The molecule has 0 radical (unpaired) electrons. The standard InChI is InChI=1S/C9H13NO3/c10-9-2-1-6(3-11)7(4-12)8(9)5-13/h1-2,11-13H,3-5,10H2. The summed E-state index contributed by atoms with van der Waals surface area (Å²) in [7, 11) is 0. The Kier molecular flexibility index (Phi) is 3.25. The molecule has 72 valence electrons. The summed E-state index contributed by atoms with van der Waals surface area (Å²) in [6, 6.07) is 3.25. The monoisotopic (exact) mass is 183 g/mol. The van der Waals surface area contributed by atoms with Crippen molar-refractivity contribution in [3.05, 3.63) is 28.8 Å². The number of nitrogen functional groups attached to an aromatic ring is 1. The third-order valence-electron chi connectivity index (χ3n) is 2.05. The average Bonchev–Trinajstić information content (AvgIpc) is 2.17. The van der Waals surface area contributed by atoms with Crippen molar-refractivity contribution in [1.29, 1.82) is 0 Å². The van der Waals surface area contributed by atoms with Crippen LogP contribution in [0.1, 0.15) is 16.7 Å². The van der Waals surface area contributed by atoms with E-state index in [1.807, 2.05) is 0 Å². The van der Waals surface area contributed by atoms with Crippen molar-refractivity contribution < 1.29 is 15.3 Å². The van der Waals surface area contributed by atoms with Crippen molar-refractivity contribution in [3.8, 4) is 0 Å². The quantitative estimate of drug-likeness (QED) is 0.486. The predicted molar refractivity (Wildman–Crippen MR) is 48.6 cm³/mol. The van der Waals surface area contributed by atoms with Crippen molar-refractivity contribution in [1.82, 2.24) is 0 Å². The highest BCUT2D eigenvalue weighted by atomic mass is 16.3. The molecule has 1 aromatic rings. The van der Waals surface area contributed by atoms with E-state index < -0.39 is 0 Å². The van der Waals surface area contributed by atoms with E-state index in [-0.39, 0.29) is 19.8 Å². The van der Waals surface area contributed by atoms with Crippen LogP contribution < -0.4 is 5.73 Å². The third kappa shape index (κ3) is 1.80. The molecule has 0 saturated carbocycles. The van der Waals surface area contributed by atoms with Gasteiger partial charge in [-0.15, -0.1) is 0 Å². The molecule has 0 atom stereocenters. The number of nitrogens with two attached hydrogens (primary N) is 1. The highest BCUT2D eigenvalue weighted by molar-refractivity contribution is 5.53. The number of aliphatic hydroxyl groups excluding tert-OH is 3. The molecule has 0 spiro atoms. The second kappa shape index (κ2) is 4.23. The van der Waals surface area contributed by atoms with E-state index in [2.05, 4.69) is 0 Å². The lowest BCUT2D eigenvalue weighted by atomic mass is 10.0. The first-order valence-electron chi connectivity index (χ1n) is 3.96. The second-order valence-electron chi connectivity index (χ2n) is 2.75. The van der Waals surface area contributed by atoms with Crippen LogP contribution >= 0.6 is 0 Å². The van der Waals surface area contributed by atoms with Crippen LogP contribution in [0.5, 0.6) is 0 Å². The molecule has 0 aliphatic rings. The largest absolute Gasteiger partial charge is 0.398 e. The van der Waals surface area contributed by atoms with Crippen LogP contribution in [0.2, 0.25) is 0 Å². The minimum Gasteiger partial charge on any atom is -0.398 e. The number of benzene rings is 1. The van der Waals surface area contributed by atoms with E-state index in [9.17, 15) is 0 Å². The molecule has 0 aliphatic carbocycles. The van der Waals surface area contributed by atoms with Crippen molar-refractivity contribution in [3.63, 3.8) is 0 Å². The average molecular weight is 183 g/mol. The topological polar surface area (TPSA) is 86.7 Å². The summed E-state index contributed by atoms with van der Waals surface area (Å²) in [6.07, 6.45) is 0. The summed E-state index contributed by atoms with van der Waals surface area (Å²) in [5, 5.41) is 26.9. The van der Waals surface area contributed by atoms with Gasteiger partial charge in [0.15, 0.2) is 0 Å². The zero-order chi connectivity index (χ0) is 9.84. The zero-order valence-corrected chi connectivity index (χ0v) is 7.20. The van der Waals surface area contributed by atoms with Gasteiger partial charge in [0, 0.05) is 11.3 Å². The molecule has 0 bridgehead atoms. The molecule has 0 amide bonds. The highest BCUT2D eigenvalue weighted by Gasteiger charge is 2.09. The molecule has 13 heavy (non-hydrogen) atoms. The Labute approximate surface area is 76.2 Å². The van der Waals surface area contributed by atoms with Gasteiger partial charge in [0.1, 0.15) is 0 Å². The van der Waals surface area contributed by atoms with Crippen LogP contribution in [0.4, 0.5) is 5.69 Å². The lowest BCUT2D eigenvalue weighted by Crippen LogP contribution is -2.04. The Morgan fingerprint density at radius 1 is 0.923 bits per heavy atom. The van der Waals surface area contributed by atoms with Crippen LogP contribution in [0.25, 0.3) is 0 Å². The van der Waals surface area contributed by atoms with Gasteiger partial charge in [-0.05, 0) is 17.2 Å². The normalized spacial score (nSPS) is 10.4. The van der Waals surface area contributed by atoms with Gasteiger partial charge >= 0.3 is 0 Å². The minimum absolute atomic E-state index is 0.164. The maximum Gasteiger partial charge on any atom is 0.0705 e. The first kappa shape index (κ1) is 9.98. The fraction of sp³-hybridized carbons (Fsp3) is 0.333. The smallest absolute Gasteiger partial charge is 0.0705 e. The Balaban J connectivity index is 3.27. The maximum absolute atomic E-state index is 9.01. The van der Waals surface area contributed by atoms with Gasteiger partial charge in [0.2, 0.25) is 0 Å². The molecule has 0 fully saturated rings. The molecule has 0 aromatic heterocycles. The molecule has 5 N–H and O–H groups in total. The van der Waals surface area contributed by atoms with Gasteiger partial charge in [-0.1, -0.05) is 6.07 Å². The third-order valence-corrected chi connectivity index (χ3v) is 2.05. The van der Waals surface area contributed by atoms with Crippen molar-refractivity contribution in [2.75, 3.05) is 5.73 Å². The lowest BCUT2D eigenvalue weighted by molar-refractivity contribution is 0.248. The number of anilines is 1. The Bertz CT molecular complexity index is 299. The molecule has 0 aliphatic heterocycles. The highest BCUT2D eigenvalue weighted by Crippen LogP contribution is 2.21. The van der Waals surface area contributed by atoms with Crippen LogP contribution in [0, 0.1) is 0 Å². The summed E-state index contributed by atoms with van der Waals surface area (Å²) >= 11 is 0. The minimum atomic E-state index is -0.227. The van der Waals surface area contributed by atoms with E-state index in [1.165, 1.54) is 0 Å². The first-order chi connectivity index (χ1) is 6.24. The van der Waals surface area contributed by atoms with Gasteiger partial charge in [0.25, 0.3) is 0 Å². The SMILES string of the molecule is Nc1ccc(CO)c(CO)c1CO. The number of aliphatic hydroxyl groups is 3. The second-order valence-corrected chi connectivity index (χ2v) is 2.75. The van der Waals surface area contributed by atoms with Gasteiger partial charge in [0.05, 0.1) is 19.8 Å². The van der Waals surface area contributed by atoms with E-state index in [4.69, 9.17) is 21.1 Å². The van der Waals surface area contributed by atoms with Gasteiger partial charge < -0.3 is 21.1 Å². The maximum atomic E-state index is 9.01. The summed E-state index contributed by atoms with van der Waals surface area (Å²) < 4.78 is 0. The molecular weight excluding hydrogens is 170 g/mol. The number of hydrogen-bond acceptors (Lipinski definition) is 4. The molecule has 1 aromatic carbocycles. The molecule has 1 rings (SSSR count). The fourth-order valence-corrected chi connectivity index (χ4v) is 1.29. The van der Waals surface area contributed by atoms with Gasteiger partial charge in [-0.2, -0.15) is 0 Å². The van der Waals surface area contributed by atoms with E-state index in [0.717, 1.165) is 0 Å². The first-order valence-corrected chi connectivity index (χ1v) is 3.96. The van der Waals surface area contributed by atoms with Crippen molar-refractivity contribution >= 4 is 5.69 Å². The van der Waals surface area contributed by atoms with Gasteiger partial charge in [-0.25, -0.2) is 0 Å². The van der Waals surface area contributed by atoms with Crippen LogP contribution in [0.3, 0.4) is 0 Å². The summed E-state index contributed by atoms with van der Waals surface area (Å²) in [5.41, 5.74) is 7.62. The predicted octanol–water partition coefficient (Wildman–Crippen LogP) is -0.254. The zero-order valence-electron chi connectivity index (χ0n) is 7.20. The Hall–Kier alpha value is -1.10. The lowest BCUT2D eigenvalue weighted by Gasteiger charge is -2.11. The molecule has 0 heterocycles. The summed E-state index contributed by atoms with van der Waals surface area (Å²) in [6.45, 7) is -0.616. The van der Waals surface area contributed by atoms with Crippen molar-refractivity contribution in [2.24, 2.45) is 0 Å². The molecule has 0 saturated heterocycles. The number of rotatable bonds is 3. The molecule has 0 unspecified atom stereocenters. The molecule has 4 nitrogen and oxygen atoms in total. The number of hydrogen-bond donors (Lipinski definition) is 4. The summed E-state index contributed by atoms with van der Waals surface area (Å²) in [5.74, 6) is 0. The van der Waals surface area contributed by atoms with Crippen molar-refractivity contribution in [2.45, 2.75) is 19.8 Å².